The van der Waals surface area contributed by atoms with Gasteiger partial charge in [-0.25, -0.2) is 0 Å². The molecular weight excluding hydrogens is 216 g/mol. The Labute approximate surface area is 81.5 Å². The van der Waals surface area contributed by atoms with Crippen molar-refractivity contribution >= 4 is 15.9 Å². The molecule has 0 aliphatic rings. The number of alkyl halides is 1. The van der Waals surface area contributed by atoms with E-state index in [1.54, 1.807) is 0 Å². The predicted molar refractivity (Wildman–Crippen MR) is 54.5 cm³/mol. The second kappa shape index (κ2) is 5.27. The molecule has 0 amide bonds. The van der Waals surface area contributed by atoms with E-state index < -0.39 is 0 Å². The Morgan fingerprint density at radius 2 is 2.33 bits per heavy atom. The molecule has 0 saturated carbocycles. The van der Waals surface area contributed by atoms with Crippen LogP contribution in [0.1, 0.15) is 11.4 Å². The van der Waals surface area contributed by atoms with Gasteiger partial charge >= 0.3 is 0 Å². The summed E-state index contributed by atoms with van der Waals surface area (Å²) < 4.78 is 0. The number of hydrogen-bond acceptors (Lipinski definition) is 2. The minimum Gasteiger partial charge on any atom is -0.310 e. The molecule has 0 saturated heterocycles. The standard InChI is InChI=1S/C9H13BrN2/c1-8-3-2-4-9(12-8)7-11-6-5-10/h2-4,11H,5-7H2,1H3. The zero-order chi connectivity index (χ0) is 8.81. The molecule has 0 radical (unpaired) electrons. The van der Waals surface area contributed by atoms with Crippen molar-refractivity contribution in [3.63, 3.8) is 0 Å². The van der Waals surface area contributed by atoms with E-state index in [0.717, 1.165) is 29.8 Å². The number of hydrogen-bond donors (Lipinski definition) is 1. The second-order valence-electron chi connectivity index (χ2n) is 2.64. The van der Waals surface area contributed by atoms with Gasteiger partial charge in [0.05, 0.1) is 5.69 Å². The van der Waals surface area contributed by atoms with E-state index in [2.05, 4.69) is 26.2 Å². The normalized spacial score (nSPS) is 10.2. The van der Waals surface area contributed by atoms with Gasteiger partial charge in [0.25, 0.3) is 0 Å². The summed E-state index contributed by atoms with van der Waals surface area (Å²) in [6, 6.07) is 6.08. The number of aromatic nitrogens is 1. The first kappa shape index (κ1) is 9.68. The van der Waals surface area contributed by atoms with Gasteiger partial charge in [-0.05, 0) is 19.1 Å². The van der Waals surface area contributed by atoms with Crippen molar-refractivity contribution in [1.82, 2.24) is 10.3 Å². The molecule has 0 fully saturated rings. The first-order valence-corrected chi connectivity index (χ1v) is 5.14. The van der Waals surface area contributed by atoms with E-state index >= 15 is 0 Å². The monoisotopic (exact) mass is 228 g/mol. The van der Waals surface area contributed by atoms with Crippen LogP contribution in [0, 0.1) is 6.92 Å². The van der Waals surface area contributed by atoms with E-state index in [0.29, 0.717) is 0 Å². The smallest absolute Gasteiger partial charge is 0.0544 e. The van der Waals surface area contributed by atoms with Crippen LogP contribution in [-0.2, 0) is 6.54 Å². The van der Waals surface area contributed by atoms with Gasteiger partial charge in [-0.3, -0.25) is 4.98 Å². The van der Waals surface area contributed by atoms with Crippen molar-refractivity contribution in [3.05, 3.63) is 29.6 Å². The van der Waals surface area contributed by atoms with Gasteiger partial charge in [-0.15, -0.1) is 0 Å². The molecule has 0 unspecified atom stereocenters. The molecule has 0 spiro atoms. The fourth-order valence-corrected chi connectivity index (χ4v) is 1.26. The summed E-state index contributed by atoms with van der Waals surface area (Å²) in [6.45, 7) is 3.84. The lowest BCUT2D eigenvalue weighted by Crippen LogP contribution is -2.16. The first-order valence-electron chi connectivity index (χ1n) is 4.02. The van der Waals surface area contributed by atoms with Gasteiger partial charge in [0.15, 0.2) is 0 Å². The van der Waals surface area contributed by atoms with Crippen LogP contribution in [0.25, 0.3) is 0 Å². The van der Waals surface area contributed by atoms with Gasteiger partial charge in [-0.1, -0.05) is 22.0 Å². The molecule has 1 aromatic heterocycles. The Morgan fingerprint density at radius 3 is 3.00 bits per heavy atom. The highest BCUT2D eigenvalue weighted by atomic mass is 79.9. The molecule has 2 nitrogen and oxygen atoms in total. The van der Waals surface area contributed by atoms with Crippen LogP contribution in [-0.4, -0.2) is 16.9 Å². The zero-order valence-electron chi connectivity index (χ0n) is 7.18. The number of nitrogens with zero attached hydrogens (tertiary/aromatic N) is 1. The highest BCUT2D eigenvalue weighted by molar-refractivity contribution is 9.09. The third kappa shape index (κ3) is 3.32. The Bertz CT molecular complexity index is 238. The number of aryl methyl sites for hydroxylation is 1. The molecular formula is C9H13BrN2. The summed E-state index contributed by atoms with van der Waals surface area (Å²) >= 11 is 3.35. The molecule has 1 aromatic rings. The van der Waals surface area contributed by atoms with Crippen LogP contribution in [0.4, 0.5) is 0 Å². The van der Waals surface area contributed by atoms with Gasteiger partial charge < -0.3 is 5.32 Å². The number of halogens is 1. The highest BCUT2D eigenvalue weighted by Crippen LogP contribution is 1.96. The van der Waals surface area contributed by atoms with Crippen molar-refractivity contribution < 1.29 is 0 Å². The van der Waals surface area contributed by atoms with E-state index in [-0.39, 0.29) is 0 Å². The summed E-state index contributed by atoms with van der Waals surface area (Å²) in [5.41, 5.74) is 2.18. The van der Waals surface area contributed by atoms with Crippen LogP contribution in [0.15, 0.2) is 18.2 Å². The third-order valence-corrected chi connectivity index (χ3v) is 1.92. The molecule has 0 aromatic carbocycles. The highest BCUT2D eigenvalue weighted by Gasteiger charge is 1.92. The number of nitrogens with one attached hydrogen (secondary N) is 1. The van der Waals surface area contributed by atoms with Crippen LogP contribution in [0.5, 0.6) is 0 Å². The number of pyridine rings is 1. The van der Waals surface area contributed by atoms with E-state index in [4.69, 9.17) is 0 Å². The Kier molecular flexibility index (Phi) is 4.25. The van der Waals surface area contributed by atoms with Gasteiger partial charge in [0.2, 0.25) is 0 Å². The van der Waals surface area contributed by atoms with E-state index in [9.17, 15) is 0 Å². The molecule has 1 heterocycles. The van der Waals surface area contributed by atoms with Gasteiger partial charge in [0, 0.05) is 24.1 Å². The first-order chi connectivity index (χ1) is 5.83. The van der Waals surface area contributed by atoms with Crippen molar-refractivity contribution in [2.75, 3.05) is 11.9 Å². The molecule has 3 heteroatoms. The van der Waals surface area contributed by atoms with Crippen molar-refractivity contribution in [2.45, 2.75) is 13.5 Å². The topological polar surface area (TPSA) is 24.9 Å². The second-order valence-corrected chi connectivity index (χ2v) is 3.43. The summed E-state index contributed by atoms with van der Waals surface area (Å²) in [5, 5.41) is 4.25. The van der Waals surface area contributed by atoms with Crippen LogP contribution < -0.4 is 5.32 Å². The SMILES string of the molecule is Cc1cccc(CNCCBr)n1. The maximum atomic E-state index is 4.37. The Morgan fingerprint density at radius 1 is 1.50 bits per heavy atom. The molecule has 1 rings (SSSR count). The van der Waals surface area contributed by atoms with Crippen molar-refractivity contribution in [2.24, 2.45) is 0 Å². The maximum absolute atomic E-state index is 4.37. The molecule has 66 valence electrons. The number of rotatable bonds is 4. The van der Waals surface area contributed by atoms with E-state index in [1.807, 2.05) is 25.1 Å². The van der Waals surface area contributed by atoms with Gasteiger partial charge in [0.1, 0.15) is 0 Å². The lowest BCUT2D eigenvalue weighted by molar-refractivity contribution is 0.715. The van der Waals surface area contributed by atoms with E-state index in [1.165, 1.54) is 0 Å². The summed E-state index contributed by atoms with van der Waals surface area (Å²) in [6.07, 6.45) is 0. The molecule has 0 aliphatic carbocycles. The van der Waals surface area contributed by atoms with Crippen LogP contribution >= 0.6 is 15.9 Å². The minimum atomic E-state index is 0.854. The molecule has 0 atom stereocenters. The summed E-state index contributed by atoms with van der Waals surface area (Å²) in [5.74, 6) is 0. The van der Waals surface area contributed by atoms with Gasteiger partial charge in [-0.2, -0.15) is 0 Å². The average Bonchev–Trinajstić information content (AvgIpc) is 2.05. The maximum Gasteiger partial charge on any atom is 0.0544 e. The summed E-state index contributed by atoms with van der Waals surface area (Å²) in [4.78, 5) is 4.37. The van der Waals surface area contributed by atoms with Crippen molar-refractivity contribution in [3.8, 4) is 0 Å². The predicted octanol–water partition coefficient (Wildman–Crippen LogP) is 1.87. The van der Waals surface area contributed by atoms with Crippen LogP contribution in [0.3, 0.4) is 0 Å². The molecule has 1 N–H and O–H groups in total. The lowest BCUT2D eigenvalue weighted by Gasteiger charge is -2.02. The summed E-state index contributed by atoms with van der Waals surface area (Å²) in [7, 11) is 0. The molecule has 12 heavy (non-hydrogen) atoms. The quantitative estimate of drug-likeness (QED) is 0.629. The van der Waals surface area contributed by atoms with Crippen molar-refractivity contribution in [1.29, 1.82) is 0 Å². The average molecular weight is 229 g/mol. The lowest BCUT2D eigenvalue weighted by atomic mass is 10.3. The fraction of sp³-hybridized carbons (Fsp3) is 0.444. The molecule has 0 aliphatic heterocycles. The Hall–Kier alpha value is -0.410. The third-order valence-electron chi connectivity index (χ3n) is 1.52. The largest absolute Gasteiger partial charge is 0.310 e. The zero-order valence-corrected chi connectivity index (χ0v) is 8.76. The Balaban J connectivity index is 2.41. The molecule has 0 bridgehead atoms. The minimum absolute atomic E-state index is 0.854. The fourth-order valence-electron chi connectivity index (χ4n) is 0.981. The van der Waals surface area contributed by atoms with Crippen LogP contribution in [0.2, 0.25) is 0 Å².